The molecule has 0 aliphatic heterocycles. The third-order valence-electron chi connectivity index (χ3n) is 3.23. The minimum absolute atomic E-state index is 0.286. The van der Waals surface area contributed by atoms with Gasteiger partial charge >= 0.3 is 5.69 Å². The van der Waals surface area contributed by atoms with Gasteiger partial charge in [0.05, 0.1) is 12.3 Å². The zero-order valence-corrected chi connectivity index (χ0v) is 12.2. The zero-order valence-electron chi connectivity index (χ0n) is 12.2. The van der Waals surface area contributed by atoms with Gasteiger partial charge in [0.2, 0.25) is 0 Å². The highest BCUT2D eigenvalue weighted by molar-refractivity contribution is 5.47. The van der Waals surface area contributed by atoms with Gasteiger partial charge in [-0.15, -0.1) is 0 Å². The average molecular weight is 296 g/mol. The van der Waals surface area contributed by atoms with Crippen molar-refractivity contribution in [3.8, 4) is 11.4 Å². The van der Waals surface area contributed by atoms with Crippen LogP contribution in [0.4, 0.5) is 0 Å². The summed E-state index contributed by atoms with van der Waals surface area (Å²) in [6.07, 6.45) is 3.98. The van der Waals surface area contributed by atoms with Crippen LogP contribution in [0.1, 0.15) is 18.3 Å². The summed E-state index contributed by atoms with van der Waals surface area (Å²) in [4.78, 5) is 16.2. The quantitative estimate of drug-likeness (QED) is 0.781. The molecule has 22 heavy (non-hydrogen) atoms. The van der Waals surface area contributed by atoms with E-state index in [1.165, 1.54) is 4.57 Å². The molecule has 0 spiro atoms. The summed E-state index contributed by atoms with van der Waals surface area (Å²) in [6.45, 7) is 2.44. The van der Waals surface area contributed by atoms with Crippen molar-refractivity contribution >= 4 is 0 Å². The molecule has 6 nitrogen and oxygen atoms in total. The predicted octanol–water partition coefficient (Wildman–Crippen LogP) is 1.95. The lowest BCUT2D eigenvalue weighted by Crippen LogP contribution is -2.18. The van der Waals surface area contributed by atoms with Gasteiger partial charge in [0, 0.05) is 18.8 Å². The highest BCUT2D eigenvalue weighted by atomic mass is 16.5. The Kier molecular flexibility index (Phi) is 4.00. The van der Waals surface area contributed by atoms with E-state index in [-0.39, 0.29) is 5.69 Å². The van der Waals surface area contributed by atoms with Crippen LogP contribution in [-0.2, 0) is 6.42 Å². The topological polar surface area (TPSA) is 72.8 Å². The summed E-state index contributed by atoms with van der Waals surface area (Å²) >= 11 is 0. The van der Waals surface area contributed by atoms with E-state index in [1.54, 1.807) is 12.4 Å². The standard InChI is InChI=1S/C16H16N4O2/c1-2-22-14-8-4-3-7-13(14)20-15(18-19-16(20)21)10-12-6-5-9-17-11-12/h3-9,11H,2,10H2,1H3,(H,19,21). The second-order valence-electron chi connectivity index (χ2n) is 4.72. The van der Waals surface area contributed by atoms with Crippen LogP contribution < -0.4 is 10.4 Å². The van der Waals surface area contributed by atoms with Crippen LogP contribution in [0.25, 0.3) is 5.69 Å². The first-order valence-corrected chi connectivity index (χ1v) is 7.07. The van der Waals surface area contributed by atoms with Crippen molar-refractivity contribution in [3.63, 3.8) is 0 Å². The molecule has 6 heteroatoms. The molecule has 1 aromatic carbocycles. The van der Waals surface area contributed by atoms with E-state index in [9.17, 15) is 4.79 Å². The van der Waals surface area contributed by atoms with Gasteiger partial charge in [0.15, 0.2) is 0 Å². The van der Waals surface area contributed by atoms with E-state index in [0.717, 1.165) is 5.56 Å². The highest BCUT2D eigenvalue weighted by Crippen LogP contribution is 2.22. The fourth-order valence-corrected chi connectivity index (χ4v) is 2.30. The number of nitrogens with one attached hydrogen (secondary N) is 1. The number of hydrogen-bond donors (Lipinski definition) is 1. The molecule has 0 fully saturated rings. The van der Waals surface area contributed by atoms with Gasteiger partial charge in [-0.25, -0.2) is 14.5 Å². The summed E-state index contributed by atoms with van der Waals surface area (Å²) < 4.78 is 7.15. The Bertz CT molecular complexity index is 808. The number of rotatable bonds is 5. The van der Waals surface area contributed by atoms with Crippen molar-refractivity contribution in [2.45, 2.75) is 13.3 Å². The molecular weight excluding hydrogens is 280 g/mol. The first kappa shape index (κ1) is 14.1. The van der Waals surface area contributed by atoms with Gasteiger partial charge in [0.25, 0.3) is 0 Å². The van der Waals surface area contributed by atoms with Crippen LogP contribution >= 0.6 is 0 Å². The minimum atomic E-state index is -0.286. The van der Waals surface area contributed by atoms with E-state index < -0.39 is 0 Å². The van der Waals surface area contributed by atoms with Crippen LogP contribution in [0.3, 0.4) is 0 Å². The monoisotopic (exact) mass is 296 g/mol. The van der Waals surface area contributed by atoms with E-state index in [2.05, 4.69) is 15.2 Å². The molecule has 0 saturated heterocycles. The van der Waals surface area contributed by atoms with Gasteiger partial charge in [-0.05, 0) is 30.7 Å². The first-order chi connectivity index (χ1) is 10.8. The number of H-pyrrole nitrogens is 1. The largest absolute Gasteiger partial charge is 0.492 e. The van der Waals surface area contributed by atoms with Crippen molar-refractivity contribution < 1.29 is 4.74 Å². The Labute approximate surface area is 127 Å². The third kappa shape index (κ3) is 2.76. The highest BCUT2D eigenvalue weighted by Gasteiger charge is 2.14. The summed E-state index contributed by atoms with van der Waals surface area (Å²) in [6, 6.07) is 11.2. The SMILES string of the molecule is CCOc1ccccc1-n1c(Cc2cccnc2)n[nH]c1=O. The number of benzene rings is 1. The molecule has 112 valence electrons. The van der Waals surface area contributed by atoms with E-state index in [4.69, 9.17) is 4.74 Å². The Morgan fingerprint density at radius 2 is 2.09 bits per heavy atom. The molecule has 3 aromatic rings. The maximum Gasteiger partial charge on any atom is 0.348 e. The van der Waals surface area contributed by atoms with Gasteiger partial charge in [-0.2, -0.15) is 5.10 Å². The summed E-state index contributed by atoms with van der Waals surface area (Å²) in [5, 5.41) is 6.64. The number of para-hydroxylation sites is 2. The number of nitrogens with zero attached hydrogens (tertiary/aromatic N) is 3. The van der Waals surface area contributed by atoms with Crippen molar-refractivity contribution in [3.05, 3.63) is 70.7 Å². The number of ether oxygens (including phenoxy) is 1. The summed E-state index contributed by atoms with van der Waals surface area (Å²) in [7, 11) is 0. The van der Waals surface area contributed by atoms with Crippen molar-refractivity contribution in [2.24, 2.45) is 0 Å². The van der Waals surface area contributed by atoms with E-state index in [1.807, 2.05) is 43.3 Å². The fourth-order valence-electron chi connectivity index (χ4n) is 2.30. The number of aromatic amines is 1. The zero-order chi connectivity index (χ0) is 15.4. The minimum Gasteiger partial charge on any atom is -0.492 e. The Morgan fingerprint density at radius 1 is 1.23 bits per heavy atom. The molecule has 2 heterocycles. The second kappa shape index (κ2) is 6.26. The smallest absolute Gasteiger partial charge is 0.348 e. The average Bonchev–Trinajstić information content (AvgIpc) is 2.90. The number of hydrogen-bond acceptors (Lipinski definition) is 4. The molecule has 3 rings (SSSR count). The maximum atomic E-state index is 12.2. The summed E-state index contributed by atoms with van der Waals surface area (Å²) in [5.41, 5.74) is 1.38. The molecular formula is C16H16N4O2. The molecule has 0 bridgehead atoms. The predicted molar refractivity (Wildman–Crippen MR) is 82.4 cm³/mol. The number of pyridine rings is 1. The van der Waals surface area contributed by atoms with Crippen molar-refractivity contribution in [1.82, 2.24) is 19.7 Å². The summed E-state index contributed by atoms with van der Waals surface area (Å²) in [5.74, 6) is 1.27. The molecule has 2 aromatic heterocycles. The van der Waals surface area contributed by atoms with Crippen LogP contribution in [0.15, 0.2) is 53.6 Å². The lowest BCUT2D eigenvalue weighted by Gasteiger charge is -2.11. The second-order valence-corrected chi connectivity index (χ2v) is 4.72. The Balaban J connectivity index is 2.05. The molecule has 1 N–H and O–H groups in total. The van der Waals surface area contributed by atoms with Crippen LogP contribution in [0, 0.1) is 0 Å². The van der Waals surface area contributed by atoms with Crippen LogP contribution in [0.2, 0.25) is 0 Å². The van der Waals surface area contributed by atoms with Crippen LogP contribution in [0.5, 0.6) is 5.75 Å². The van der Waals surface area contributed by atoms with Gasteiger partial charge in [0.1, 0.15) is 11.6 Å². The van der Waals surface area contributed by atoms with E-state index in [0.29, 0.717) is 30.3 Å². The van der Waals surface area contributed by atoms with Crippen molar-refractivity contribution in [2.75, 3.05) is 6.61 Å². The first-order valence-electron chi connectivity index (χ1n) is 7.07. The van der Waals surface area contributed by atoms with Gasteiger partial charge in [-0.3, -0.25) is 4.98 Å². The number of aromatic nitrogens is 4. The lowest BCUT2D eigenvalue weighted by molar-refractivity contribution is 0.338. The lowest BCUT2D eigenvalue weighted by atomic mass is 10.2. The Hall–Kier alpha value is -2.89. The third-order valence-corrected chi connectivity index (χ3v) is 3.23. The normalized spacial score (nSPS) is 10.6. The van der Waals surface area contributed by atoms with Gasteiger partial charge in [-0.1, -0.05) is 18.2 Å². The van der Waals surface area contributed by atoms with Crippen LogP contribution in [-0.4, -0.2) is 26.4 Å². The molecule has 0 unspecified atom stereocenters. The maximum absolute atomic E-state index is 12.2. The molecule has 0 atom stereocenters. The van der Waals surface area contributed by atoms with E-state index >= 15 is 0 Å². The van der Waals surface area contributed by atoms with Gasteiger partial charge < -0.3 is 4.74 Å². The molecule has 0 radical (unpaired) electrons. The van der Waals surface area contributed by atoms with Crippen molar-refractivity contribution in [1.29, 1.82) is 0 Å². The fraction of sp³-hybridized carbons (Fsp3) is 0.188. The molecule has 0 amide bonds. The molecule has 0 aliphatic carbocycles. The molecule has 0 saturated carbocycles. The molecule has 0 aliphatic rings. The Morgan fingerprint density at radius 3 is 2.86 bits per heavy atom.